The van der Waals surface area contributed by atoms with Gasteiger partial charge in [0.05, 0.1) is 6.54 Å². The lowest BCUT2D eigenvalue weighted by atomic mass is 9.92. The highest BCUT2D eigenvalue weighted by atomic mass is 35.5. The van der Waals surface area contributed by atoms with Gasteiger partial charge in [0.2, 0.25) is 5.91 Å². The highest BCUT2D eigenvalue weighted by Gasteiger charge is 2.57. The van der Waals surface area contributed by atoms with Crippen LogP contribution in [0.25, 0.3) is 0 Å². The number of halogens is 1. The third-order valence-electron chi connectivity index (χ3n) is 4.63. The smallest absolute Gasteiger partial charge is 0.224 e. The molecule has 2 aliphatic rings. The summed E-state index contributed by atoms with van der Waals surface area (Å²) in [6.07, 6.45) is 3.33. The molecule has 1 atom stereocenters. The topological polar surface area (TPSA) is 66.9 Å². The summed E-state index contributed by atoms with van der Waals surface area (Å²) >= 11 is 1.59. The molecular formula is C15H25ClN4OS. The molecule has 1 aliphatic carbocycles. The Labute approximate surface area is 142 Å². The Balaban J connectivity index is 0.00000176. The summed E-state index contributed by atoms with van der Waals surface area (Å²) in [4.78, 5) is 12.3. The Hall–Kier alpha value is -0.720. The van der Waals surface area contributed by atoms with Crippen LogP contribution in [0.15, 0.2) is 0 Å². The van der Waals surface area contributed by atoms with Gasteiger partial charge in [-0.2, -0.15) is 0 Å². The number of nitrogens with one attached hydrogen (secondary N) is 2. The second-order valence-corrected chi connectivity index (χ2v) is 8.40. The number of piperidine rings is 1. The Kier molecular flexibility index (Phi) is 5.14. The average Bonchev–Trinajstić information content (AvgIpc) is 2.91. The molecule has 0 aromatic carbocycles. The maximum absolute atomic E-state index is 12.3. The normalized spacial score (nSPS) is 23.0. The van der Waals surface area contributed by atoms with Gasteiger partial charge in [0.25, 0.3) is 0 Å². The van der Waals surface area contributed by atoms with Gasteiger partial charge in [-0.25, -0.2) is 0 Å². The summed E-state index contributed by atoms with van der Waals surface area (Å²) in [5.74, 6) is 0.416. The van der Waals surface area contributed by atoms with Crippen LogP contribution >= 0.6 is 23.7 Å². The minimum Gasteiger partial charge on any atom is -0.349 e. The number of amides is 1. The van der Waals surface area contributed by atoms with Crippen LogP contribution in [-0.4, -0.2) is 29.2 Å². The number of rotatable bonds is 3. The molecule has 1 spiro atoms. The molecule has 1 aliphatic heterocycles. The Morgan fingerprint density at radius 3 is 2.64 bits per heavy atom. The highest BCUT2D eigenvalue weighted by Crippen LogP contribution is 2.58. The second kappa shape index (κ2) is 6.42. The molecule has 1 saturated carbocycles. The zero-order valence-corrected chi connectivity index (χ0v) is 15.1. The first-order chi connectivity index (χ1) is 9.91. The van der Waals surface area contributed by atoms with Crippen molar-refractivity contribution in [2.45, 2.75) is 52.0 Å². The maximum Gasteiger partial charge on any atom is 0.224 e. The van der Waals surface area contributed by atoms with Crippen LogP contribution in [-0.2, 0) is 16.8 Å². The van der Waals surface area contributed by atoms with Crippen LogP contribution < -0.4 is 10.6 Å². The van der Waals surface area contributed by atoms with E-state index in [1.807, 2.05) is 0 Å². The minimum atomic E-state index is 0. The molecule has 0 radical (unpaired) electrons. The molecule has 1 aromatic heterocycles. The van der Waals surface area contributed by atoms with Crippen LogP contribution in [0.4, 0.5) is 0 Å². The lowest BCUT2D eigenvalue weighted by Gasteiger charge is -2.23. The summed E-state index contributed by atoms with van der Waals surface area (Å²) in [5.41, 5.74) is 0.322. The van der Waals surface area contributed by atoms with Crippen LogP contribution in [0, 0.1) is 11.3 Å². The van der Waals surface area contributed by atoms with E-state index >= 15 is 0 Å². The van der Waals surface area contributed by atoms with Crippen molar-refractivity contribution < 1.29 is 4.79 Å². The van der Waals surface area contributed by atoms with Gasteiger partial charge in [-0.1, -0.05) is 32.1 Å². The van der Waals surface area contributed by atoms with E-state index in [0.29, 0.717) is 12.0 Å². The first kappa shape index (κ1) is 17.6. The molecule has 2 heterocycles. The molecule has 1 aromatic rings. The highest BCUT2D eigenvalue weighted by molar-refractivity contribution is 7.11. The van der Waals surface area contributed by atoms with E-state index in [2.05, 4.69) is 41.6 Å². The number of carbonyl (C=O) groups is 1. The third-order valence-corrected chi connectivity index (χ3v) is 5.98. The molecule has 22 heavy (non-hydrogen) atoms. The van der Waals surface area contributed by atoms with Crippen molar-refractivity contribution >= 4 is 29.7 Å². The van der Waals surface area contributed by atoms with E-state index in [9.17, 15) is 4.79 Å². The first-order valence-corrected chi connectivity index (χ1v) is 8.54. The van der Waals surface area contributed by atoms with Crippen molar-refractivity contribution in [3.8, 4) is 0 Å². The fourth-order valence-corrected chi connectivity index (χ4v) is 3.95. The molecule has 7 heteroatoms. The van der Waals surface area contributed by atoms with E-state index in [1.165, 1.54) is 0 Å². The largest absolute Gasteiger partial charge is 0.349 e. The first-order valence-electron chi connectivity index (χ1n) is 7.72. The Morgan fingerprint density at radius 2 is 2.05 bits per heavy atom. The SMILES string of the molecule is CC(C)(C)c1nnc(CNC(=O)C2CC23CCNCC3)s1.Cl. The van der Waals surface area contributed by atoms with Crippen molar-refractivity contribution in [2.24, 2.45) is 11.3 Å². The van der Waals surface area contributed by atoms with Crippen molar-refractivity contribution in [3.63, 3.8) is 0 Å². The number of hydrogen-bond donors (Lipinski definition) is 2. The molecule has 1 amide bonds. The molecule has 2 N–H and O–H groups in total. The second-order valence-electron chi connectivity index (χ2n) is 7.34. The van der Waals surface area contributed by atoms with Crippen molar-refractivity contribution in [2.75, 3.05) is 13.1 Å². The molecule has 5 nitrogen and oxygen atoms in total. The summed E-state index contributed by atoms with van der Waals surface area (Å²) in [5, 5.41) is 16.7. The van der Waals surface area contributed by atoms with Crippen molar-refractivity contribution in [1.82, 2.24) is 20.8 Å². The van der Waals surface area contributed by atoms with Crippen LogP contribution in [0.2, 0.25) is 0 Å². The molecule has 1 saturated heterocycles. The number of hydrogen-bond acceptors (Lipinski definition) is 5. The zero-order chi connectivity index (χ0) is 15.1. The van der Waals surface area contributed by atoms with Gasteiger partial charge < -0.3 is 10.6 Å². The summed E-state index contributed by atoms with van der Waals surface area (Å²) in [7, 11) is 0. The van der Waals surface area contributed by atoms with Crippen molar-refractivity contribution in [1.29, 1.82) is 0 Å². The van der Waals surface area contributed by atoms with Crippen LogP contribution in [0.1, 0.15) is 50.0 Å². The lowest BCUT2D eigenvalue weighted by molar-refractivity contribution is -0.123. The summed E-state index contributed by atoms with van der Waals surface area (Å²) in [6.45, 7) is 8.99. The molecular weight excluding hydrogens is 320 g/mol. The number of carbonyl (C=O) groups excluding carboxylic acids is 1. The molecule has 3 rings (SSSR count). The van der Waals surface area contributed by atoms with Gasteiger partial charge in [-0.3, -0.25) is 4.79 Å². The lowest BCUT2D eigenvalue weighted by Crippen LogP contribution is -2.33. The predicted molar refractivity (Wildman–Crippen MR) is 90.3 cm³/mol. The Morgan fingerprint density at radius 1 is 1.36 bits per heavy atom. The third kappa shape index (κ3) is 3.60. The van der Waals surface area contributed by atoms with Crippen LogP contribution in [0.3, 0.4) is 0 Å². The van der Waals surface area contributed by atoms with E-state index in [-0.39, 0.29) is 29.6 Å². The summed E-state index contributed by atoms with van der Waals surface area (Å²) < 4.78 is 0. The van der Waals surface area contributed by atoms with Gasteiger partial charge in [0.1, 0.15) is 10.0 Å². The van der Waals surface area contributed by atoms with E-state index in [4.69, 9.17) is 0 Å². The van der Waals surface area contributed by atoms with Gasteiger partial charge in [-0.15, -0.1) is 22.6 Å². The molecule has 2 fully saturated rings. The standard InChI is InChI=1S/C15H24N4OS.ClH/c1-14(2,3)13-19-18-11(21-13)9-17-12(20)10-8-15(10)4-6-16-7-5-15;/h10,16H,4-9H2,1-3H3,(H,17,20);1H. The predicted octanol–water partition coefficient (Wildman–Crippen LogP) is 2.26. The average molecular weight is 345 g/mol. The van der Waals surface area contributed by atoms with Gasteiger partial charge in [0, 0.05) is 11.3 Å². The van der Waals surface area contributed by atoms with Gasteiger partial charge >= 0.3 is 0 Å². The fraction of sp³-hybridized carbons (Fsp3) is 0.800. The summed E-state index contributed by atoms with van der Waals surface area (Å²) in [6, 6.07) is 0. The van der Waals surface area contributed by atoms with E-state index in [0.717, 1.165) is 42.4 Å². The monoisotopic (exact) mass is 344 g/mol. The van der Waals surface area contributed by atoms with Gasteiger partial charge in [-0.05, 0) is 37.8 Å². The quantitative estimate of drug-likeness (QED) is 0.882. The fourth-order valence-electron chi connectivity index (χ4n) is 3.11. The van der Waals surface area contributed by atoms with Crippen molar-refractivity contribution in [3.05, 3.63) is 10.0 Å². The zero-order valence-electron chi connectivity index (χ0n) is 13.4. The maximum atomic E-state index is 12.3. The van der Waals surface area contributed by atoms with E-state index in [1.54, 1.807) is 11.3 Å². The number of aromatic nitrogens is 2. The van der Waals surface area contributed by atoms with Gasteiger partial charge in [0.15, 0.2) is 0 Å². The molecule has 0 bridgehead atoms. The minimum absolute atomic E-state index is 0. The Bertz CT molecular complexity index is 534. The van der Waals surface area contributed by atoms with Crippen LogP contribution in [0.5, 0.6) is 0 Å². The number of nitrogens with zero attached hydrogens (tertiary/aromatic N) is 2. The van der Waals surface area contributed by atoms with E-state index < -0.39 is 0 Å². The molecule has 1 unspecified atom stereocenters. The molecule has 124 valence electrons.